The van der Waals surface area contributed by atoms with Crippen LogP contribution < -0.4 is 9.47 Å². The molecule has 3 heterocycles. The average molecular weight is 466 g/mol. The molecule has 5 rings (SSSR count). The van der Waals surface area contributed by atoms with E-state index in [1.54, 1.807) is 11.3 Å². The summed E-state index contributed by atoms with van der Waals surface area (Å²) in [4.78, 5) is 15.4. The quantitative estimate of drug-likeness (QED) is 0.482. The van der Waals surface area contributed by atoms with E-state index in [1.807, 2.05) is 11.8 Å². The number of fused-ring (bicyclic) bond motifs is 2. The predicted octanol–water partition coefficient (Wildman–Crippen LogP) is 5.89. The molecule has 33 heavy (non-hydrogen) atoms. The molecule has 6 heteroatoms. The summed E-state index contributed by atoms with van der Waals surface area (Å²) < 4.78 is 19.3. The molecule has 2 aromatic carbocycles. The summed E-state index contributed by atoms with van der Waals surface area (Å²) in [5, 5.41) is 3.43. The van der Waals surface area contributed by atoms with Crippen LogP contribution in [0.25, 0.3) is 21.2 Å². The number of hydrogen-bond acceptors (Lipinski definition) is 5. The molecule has 1 saturated heterocycles. The first-order valence-corrected chi connectivity index (χ1v) is 12.6. The maximum Gasteiger partial charge on any atom is 0.226 e. The van der Waals surface area contributed by atoms with Gasteiger partial charge in [-0.15, -0.1) is 11.3 Å². The van der Waals surface area contributed by atoms with E-state index in [2.05, 4.69) is 55.6 Å². The Hall–Kier alpha value is -2.57. The Morgan fingerprint density at radius 3 is 2.91 bits per heavy atom. The normalized spacial score (nSPS) is 20.1. The Labute approximate surface area is 199 Å². The van der Waals surface area contributed by atoms with Crippen LogP contribution in [0.3, 0.4) is 0 Å². The lowest BCUT2D eigenvalue weighted by atomic mass is 9.87. The van der Waals surface area contributed by atoms with Gasteiger partial charge in [-0.05, 0) is 62.8 Å². The van der Waals surface area contributed by atoms with Crippen LogP contribution in [0.15, 0.2) is 41.8 Å². The molecule has 0 N–H and O–H groups in total. The van der Waals surface area contributed by atoms with E-state index in [0.717, 1.165) is 35.5 Å². The van der Waals surface area contributed by atoms with Gasteiger partial charge in [0.2, 0.25) is 5.91 Å². The molecule has 0 bridgehead atoms. The van der Waals surface area contributed by atoms with Gasteiger partial charge in [-0.2, -0.15) is 0 Å². The van der Waals surface area contributed by atoms with Crippen LogP contribution in [0.2, 0.25) is 0 Å². The van der Waals surface area contributed by atoms with Crippen molar-refractivity contribution in [2.75, 3.05) is 26.4 Å². The van der Waals surface area contributed by atoms with Crippen LogP contribution in [-0.2, 0) is 16.1 Å². The van der Waals surface area contributed by atoms with Gasteiger partial charge in [-0.3, -0.25) is 4.79 Å². The molecule has 1 aromatic heterocycles. The van der Waals surface area contributed by atoms with Crippen molar-refractivity contribution < 1.29 is 19.0 Å². The summed E-state index contributed by atoms with van der Waals surface area (Å²) in [5.41, 5.74) is 3.03. The maximum atomic E-state index is 13.5. The zero-order chi connectivity index (χ0) is 23.0. The van der Waals surface area contributed by atoms with Crippen molar-refractivity contribution in [2.45, 2.75) is 45.8 Å². The van der Waals surface area contributed by atoms with Gasteiger partial charge in [0.15, 0.2) is 11.5 Å². The summed E-state index contributed by atoms with van der Waals surface area (Å²) in [5.74, 6) is 1.71. The summed E-state index contributed by atoms with van der Waals surface area (Å²) in [6.45, 7) is 8.88. The van der Waals surface area contributed by atoms with Crippen LogP contribution >= 0.6 is 11.3 Å². The molecular weight excluding hydrogens is 434 g/mol. The largest absolute Gasteiger partial charge is 0.490 e. The highest BCUT2D eigenvalue weighted by molar-refractivity contribution is 7.17. The highest BCUT2D eigenvalue weighted by atomic mass is 32.1. The summed E-state index contributed by atoms with van der Waals surface area (Å²) in [6.07, 6.45) is 1.53. The topological polar surface area (TPSA) is 48.0 Å². The van der Waals surface area contributed by atoms with E-state index < -0.39 is 0 Å². The third-order valence-electron chi connectivity index (χ3n) is 6.55. The van der Waals surface area contributed by atoms with E-state index in [1.165, 1.54) is 15.6 Å². The fraction of sp³-hybridized carbons (Fsp3) is 0.444. The second-order valence-corrected chi connectivity index (χ2v) is 10.4. The van der Waals surface area contributed by atoms with E-state index in [0.29, 0.717) is 32.9 Å². The zero-order valence-corrected chi connectivity index (χ0v) is 20.4. The van der Waals surface area contributed by atoms with Gasteiger partial charge in [0.05, 0.1) is 18.8 Å². The number of thiophene rings is 1. The van der Waals surface area contributed by atoms with Gasteiger partial charge in [-0.25, -0.2) is 0 Å². The minimum atomic E-state index is -0.256. The lowest BCUT2D eigenvalue weighted by Gasteiger charge is -2.36. The minimum Gasteiger partial charge on any atom is -0.490 e. The Balaban J connectivity index is 1.50. The van der Waals surface area contributed by atoms with Crippen molar-refractivity contribution in [1.82, 2.24) is 4.90 Å². The number of carbonyl (C=O) groups excluding carboxylic acids is 1. The van der Waals surface area contributed by atoms with Gasteiger partial charge < -0.3 is 19.1 Å². The molecule has 0 saturated carbocycles. The van der Waals surface area contributed by atoms with E-state index in [4.69, 9.17) is 14.2 Å². The molecule has 1 fully saturated rings. The number of benzene rings is 2. The van der Waals surface area contributed by atoms with Gasteiger partial charge >= 0.3 is 0 Å². The number of carbonyl (C=O) groups is 1. The third kappa shape index (κ3) is 4.46. The molecule has 0 spiro atoms. The van der Waals surface area contributed by atoms with Crippen molar-refractivity contribution in [3.63, 3.8) is 0 Å². The fourth-order valence-electron chi connectivity index (χ4n) is 4.99. The van der Waals surface area contributed by atoms with Gasteiger partial charge in [0.1, 0.15) is 6.61 Å². The maximum absolute atomic E-state index is 13.5. The lowest BCUT2D eigenvalue weighted by Crippen LogP contribution is -2.43. The molecular formula is C27H31NO4S. The number of ether oxygens (including phenoxy) is 3. The Kier molecular flexibility index (Phi) is 6.06. The highest BCUT2D eigenvalue weighted by Crippen LogP contribution is 2.42. The second-order valence-electron chi connectivity index (χ2n) is 9.45. The molecule has 0 radical (unpaired) electrons. The molecule has 0 unspecified atom stereocenters. The Morgan fingerprint density at radius 2 is 2.09 bits per heavy atom. The standard InChI is InChI=1S/C27H31NO4S/c1-4-30-23-14-19(22-17-33-24-8-6-5-7-21(22)24)13-20-16-28(10-12-31-25(20)23)26(29)18-9-11-32-27(2,3)15-18/h5-8,13-14,17-18H,4,9-12,15-16H2,1-3H3/t18-/m0/s1. The molecule has 3 aromatic rings. The molecule has 174 valence electrons. The van der Waals surface area contributed by atoms with Crippen LogP contribution in [0.4, 0.5) is 0 Å². The van der Waals surface area contributed by atoms with Gasteiger partial charge in [0, 0.05) is 40.3 Å². The Morgan fingerprint density at radius 1 is 1.24 bits per heavy atom. The molecule has 1 amide bonds. The van der Waals surface area contributed by atoms with Crippen LogP contribution in [-0.4, -0.2) is 42.8 Å². The minimum absolute atomic E-state index is 0.00865. The lowest BCUT2D eigenvalue weighted by molar-refractivity contribution is -0.146. The first-order chi connectivity index (χ1) is 15.9. The first kappa shape index (κ1) is 22.2. The van der Waals surface area contributed by atoms with E-state index >= 15 is 0 Å². The predicted molar refractivity (Wildman–Crippen MR) is 132 cm³/mol. The van der Waals surface area contributed by atoms with Crippen LogP contribution in [0.5, 0.6) is 11.5 Å². The van der Waals surface area contributed by atoms with Gasteiger partial charge in [-0.1, -0.05) is 18.2 Å². The van der Waals surface area contributed by atoms with Crippen molar-refractivity contribution in [3.05, 3.63) is 47.3 Å². The SMILES string of the molecule is CCOc1cc(-c2csc3ccccc23)cc2c1OCCN(C(=O)[C@H]1CCOC(C)(C)C1)C2. The van der Waals surface area contributed by atoms with E-state index in [9.17, 15) is 4.79 Å². The third-order valence-corrected chi connectivity index (χ3v) is 7.51. The average Bonchev–Trinajstić information content (AvgIpc) is 3.10. The Bertz CT molecular complexity index is 1170. The van der Waals surface area contributed by atoms with Crippen molar-refractivity contribution in [3.8, 4) is 22.6 Å². The summed E-state index contributed by atoms with van der Waals surface area (Å²) in [7, 11) is 0. The van der Waals surface area contributed by atoms with Crippen LogP contribution in [0, 0.1) is 5.92 Å². The molecule has 0 aliphatic carbocycles. The number of amides is 1. The van der Waals surface area contributed by atoms with Gasteiger partial charge in [0.25, 0.3) is 0 Å². The van der Waals surface area contributed by atoms with Crippen molar-refractivity contribution >= 4 is 27.3 Å². The van der Waals surface area contributed by atoms with Crippen molar-refractivity contribution in [1.29, 1.82) is 0 Å². The highest BCUT2D eigenvalue weighted by Gasteiger charge is 2.36. The summed E-state index contributed by atoms with van der Waals surface area (Å²) >= 11 is 1.75. The van der Waals surface area contributed by atoms with Crippen molar-refractivity contribution in [2.24, 2.45) is 5.92 Å². The smallest absolute Gasteiger partial charge is 0.226 e. The molecule has 1 atom stereocenters. The zero-order valence-electron chi connectivity index (χ0n) is 19.6. The molecule has 2 aliphatic rings. The summed E-state index contributed by atoms with van der Waals surface area (Å²) in [6, 6.07) is 12.7. The fourth-order valence-corrected chi connectivity index (χ4v) is 5.96. The number of hydrogen-bond donors (Lipinski definition) is 0. The van der Waals surface area contributed by atoms with Crippen LogP contribution in [0.1, 0.15) is 39.2 Å². The van der Waals surface area contributed by atoms with E-state index in [-0.39, 0.29) is 17.4 Å². The number of nitrogens with zero attached hydrogens (tertiary/aromatic N) is 1. The first-order valence-electron chi connectivity index (χ1n) is 11.8. The monoisotopic (exact) mass is 465 g/mol. The number of rotatable bonds is 4. The molecule has 5 nitrogen and oxygen atoms in total. The molecule has 2 aliphatic heterocycles. The second kappa shape index (κ2) is 8.99.